The van der Waals surface area contributed by atoms with Crippen LogP contribution in [0.2, 0.25) is 0 Å². The maximum atomic E-state index is 13.1. The topological polar surface area (TPSA) is 50.9 Å². The number of aromatic nitrogens is 3. The van der Waals surface area contributed by atoms with Crippen LogP contribution in [0.3, 0.4) is 0 Å². The Hall–Kier alpha value is -1.27. The summed E-state index contributed by atoms with van der Waals surface area (Å²) in [6, 6.07) is 4.30. The SMILES string of the molecule is CCC(O)c1cn(-c2cc(F)ccc2Br)nn1. The van der Waals surface area contributed by atoms with E-state index < -0.39 is 6.10 Å². The van der Waals surface area contributed by atoms with E-state index in [1.54, 1.807) is 12.3 Å². The molecule has 0 saturated heterocycles. The van der Waals surface area contributed by atoms with Crippen molar-refractivity contribution >= 4 is 15.9 Å². The second kappa shape index (κ2) is 4.93. The molecule has 2 aromatic rings. The first-order chi connectivity index (χ1) is 8.11. The lowest BCUT2D eigenvalue weighted by atomic mass is 10.2. The first kappa shape index (κ1) is 12.2. The Morgan fingerprint density at radius 2 is 2.29 bits per heavy atom. The largest absolute Gasteiger partial charge is 0.387 e. The number of aliphatic hydroxyl groups excluding tert-OH is 1. The van der Waals surface area contributed by atoms with Crippen molar-refractivity contribution < 1.29 is 9.50 Å². The van der Waals surface area contributed by atoms with E-state index in [0.717, 1.165) is 0 Å². The molecule has 1 aromatic carbocycles. The summed E-state index contributed by atoms with van der Waals surface area (Å²) in [7, 11) is 0. The molecule has 4 nitrogen and oxygen atoms in total. The van der Waals surface area contributed by atoms with Gasteiger partial charge in [0.2, 0.25) is 0 Å². The summed E-state index contributed by atoms with van der Waals surface area (Å²) in [5.41, 5.74) is 1.02. The van der Waals surface area contributed by atoms with Crippen LogP contribution in [0.25, 0.3) is 5.69 Å². The Labute approximate surface area is 106 Å². The van der Waals surface area contributed by atoms with Gasteiger partial charge in [0, 0.05) is 10.5 Å². The van der Waals surface area contributed by atoms with Crippen LogP contribution in [-0.4, -0.2) is 20.1 Å². The van der Waals surface area contributed by atoms with Crippen molar-refractivity contribution in [3.63, 3.8) is 0 Å². The molecule has 0 aliphatic heterocycles. The first-order valence-electron chi connectivity index (χ1n) is 5.17. The minimum Gasteiger partial charge on any atom is -0.387 e. The lowest BCUT2D eigenvalue weighted by Gasteiger charge is -2.03. The van der Waals surface area contributed by atoms with Crippen molar-refractivity contribution in [2.24, 2.45) is 0 Å². The summed E-state index contributed by atoms with van der Waals surface area (Å²) in [6.07, 6.45) is 1.51. The van der Waals surface area contributed by atoms with E-state index in [9.17, 15) is 9.50 Å². The minimum absolute atomic E-state index is 0.351. The zero-order valence-electron chi connectivity index (χ0n) is 9.14. The quantitative estimate of drug-likeness (QED) is 0.948. The lowest BCUT2D eigenvalue weighted by Crippen LogP contribution is -1.97. The molecule has 1 aromatic heterocycles. The summed E-state index contributed by atoms with van der Waals surface area (Å²) in [5, 5.41) is 17.3. The fourth-order valence-corrected chi connectivity index (χ4v) is 1.85. The normalized spacial score (nSPS) is 12.7. The van der Waals surface area contributed by atoms with Crippen molar-refractivity contribution in [2.45, 2.75) is 19.4 Å². The van der Waals surface area contributed by atoms with Crippen LogP contribution >= 0.6 is 15.9 Å². The molecule has 90 valence electrons. The maximum absolute atomic E-state index is 13.1. The van der Waals surface area contributed by atoms with Crippen LogP contribution in [0.15, 0.2) is 28.9 Å². The summed E-state index contributed by atoms with van der Waals surface area (Å²) in [6.45, 7) is 1.85. The van der Waals surface area contributed by atoms with Crippen LogP contribution in [0.5, 0.6) is 0 Å². The van der Waals surface area contributed by atoms with E-state index in [-0.39, 0.29) is 5.82 Å². The second-order valence-electron chi connectivity index (χ2n) is 3.61. The van der Waals surface area contributed by atoms with Crippen LogP contribution in [0, 0.1) is 5.82 Å². The van der Waals surface area contributed by atoms with Crippen molar-refractivity contribution in [3.05, 3.63) is 40.4 Å². The molecule has 1 unspecified atom stereocenters. The highest BCUT2D eigenvalue weighted by Gasteiger charge is 2.12. The molecule has 1 atom stereocenters. The Kier molecular flexibility index (Phi) is 3.54. The molecule has 0 bridgehead atoms. The average molecular weight is 300 g/mol. The van der Waals surface area contributed by atoms with E-state index in [0.29, 0.717) is 22.3 Å². The molecule has 0 aliphatic rings. The maximum Gasteiger partial charge on any atom is 0.125 e. The number of aliphatic hydroxyl groups is 1. The zero-order chi connectivity index (χ0) is 12.4. The molecule has 2 rings (SSSR count). The van der Waals surface area contributed by atoms with Gasteiger partial charge < -0.3 is 5.11 Å². The monoisotopic (exact) mass is 299 g/mol. The van der Waals surface area contributed by atoms with Crippen LogP contribution < -0.4 is 0 Å². The van der Waals surface area contributed by atoms with Gasteiger partial charge in [0.25, 0.3) is 0 Å². The van der Waals surface area contributed by atoms with Gasteiger partial charge in [-0.25, -0.2) is 9.07 Å². The van der Waals surface area contributed by atoms with Crippen LogP contribution in [-0.2, 0) is 0 Å². The Balaban J connectivity index is 2.40. The molecule has 0 saturated carbocycles. The highest BCUT2D eigenvalue weighted by molar-refractivity contribution is 9.10. The number of halogens is 2. The number of benzene rings is 1. The number of hydrogen-bond acceptors (Lipinski definition) is 3. The van der Waals surface area contributed by atoms with E-state index in [1.807, 2.05) is 6.92 Å². The van der Waals surface area contributed by atoms with Gasteiger partial charge in [-0.2, -0.15) is 0 Å². The zero-order valence-corrected chi connectivity index (χ0v) is 10.7. The summed E-state index contributed by atoms with van der Waals surface area (Å²) < 4.78 is 15.3. The Morgan fingerprint density at radius 3 is 3.00 bits per heavy atom. The van der Waals surface area contributed by atoms with Crippen molar-refractivity contribution in [3.8, 4) is 5.69 Å². The summed E-state index contributed by atoms with van der Waals surface area (Å²) >= 11 is 3.31. The molecule has 1 heterocycles. The molecular formula is C11H11BrFN3O. The standard InChI is InChI=1S/C11H11BrFN3O/c1-2-11(17)9-6-16(15-14-9)10-5-7(13)3-4-8(10)12/h3-6,11,17H,2H2,1H3. The second-order valence-corrected chi connectivity index (χ2v) is 4.46. The summed E-state index contributed by atoms with van der Waals surface area (Å²) in [4.78, 5) is 0. The third-order valence-electron chi connectivity index (χ3n) is 2.39. The minimum atomic E-state index is -0.643. The van der Waals surface area contributed by atoms with Crippen LogP contribution in [0.4, 0.5) is 4.39 Å². The number of nitrogens with zero attached hydrogens (tertiary/aromatic N) is 3. The predicted octanol–water partition coefficient (Wildman–Crippen LogP) is 2.61. The lowest BCUT2D eigenvalue weighted by molar-refractivity contribution is 0.169. The number of hydrogen-bond donors (Lipinski definition) is 1. The molecule has 6 heteroatoms. The Bertz CT molecular complexity index is 529. The van der Waals surface area contributed by atoms with Crippen molar-refractivity contribution in [1.29, 1.82) is 0 Å². The first-order valence-corrected chi connectivity index (χ1v) is 5.97. The van der Waals surface area contributed by atoms with Gasteiger partial charge in [-0.15, -0.1) is 5.10 Å². The summed E-state index contributed by atoms with van der Waals surface area (Å²) in [5.74, 6) is -0.351. The van der Waals surface area contributed by atoms with E-state index in [2.05, 4.69) is 26.2 Å². The predicted molar refractivity (Wildman–Crippen MR) is 64.3 cm³/mol. The molecule has 0 radical (unpaired) electrons. The molecule has 17 heavy (non-hydrogen) atoms. The highest BCUT2D eigenvalue weighted by Crippen LogP contribution is 2.22. The van der Waals surface area contributed by atoms with Gasteiger partial charge in [0.05, 0.1) is 18.0 Å². The smallest absolute Gasteiger partial charge is 0.125 e. The van der Waals surface area contributed by atoms with E-state index >= 15 is 0 Å². The van der Waals surface area contributed by atoms with E-state index in [4.69, 9.17) is 0 Å². The van der Waals surface area contributed by atoms with Gasteiger partial charge in [-0.05, 0) is 34.5 Å². The fourth-order valence-electron chi connectivity index (χ4n) is 1.42. The van der Waals surface area contributed by atoms with Gasteiger partial charge >= 0.3 is 0 Å². The van der Waals surface area contributed by atoms with Gasteiger partial charge in [-0.3, -0.25) is 0 Å². The molecular weight excluding hydrogens is 289 g/mol. The van der Waals surface area contributed by atoms with Gasteiger partial charge in [0.1, 0.15) is 11.5 Å². The molecule has 0 fully saturated rings. The number of rotatable bonds is 3. The Morgan fingerprint density at radius 1 is 1.53 bits per heavy atom. The highest BCUT2D eigenvalue weighted by atomic mass is 79.9. The van der Waals surface area contributed by atoms with E-state index in [1.165, 1.54) is 16.8 Å². The molecule has 0 aliphatic carbocycles. The van der Waals surface area contributed by atoms with Crippen molar-refractivity contribution in [2.75, 3.05) is 0 Å². The third-order valence-corrected chi connectivity index (χ3v) is 3.06. The molecule has 0 amide bonds. The third kappa shape index (κ3) is 2.53. The molecule has 0 spiro atoms. The van der Waals surface area contributed by atoms with Gasteiger partial charge in [-0.1, -0.05) is 12.1 Å². The fraction of sp³-hybridized carbons (Fsp3) is 0.273. The van der Waals surface area contributed by atoms with Gasteiger partial charge in [0.15, 0.2) is 0 Å². The van der Waals surface area contributed by atoms with Crippen molar-refractivity contribution in [1.82, 2.24) is 15.0 Å². The molecule has 1 N–H and O–H groups in total. The van der Waals surface area contributed by atoms with Crippen LogP contribution in [0.1, 0.15) is 25.1 Å². The average Bonchev–Trinajstić information content (AvgIpc) is 2.80.